The van der Waals surface area contributed by atoms with E-state index in [0.29, 0.717) is 17.8 Å². The molecule has 6 nitrogen and oxygen atoms in total. The van der Waals surface area contributed by atoms with Gasteiger partial charge < -0.3 is 4.90 Å². The Balaban J connectivity index is 1.58. The largest absolute Gasteiger partial charge is 0.310 e. The third-order valence-electron chi connectivity index (χ3n) is 5.11. The van der Waals surface area contributed by atoms with Crippen LogP contribution >= 0.6 is 0 Å². The molecule has 0 spiro atoms. The maximum absolute atomic E-state index is 12.8. The minimum Gasteiger partial charge on any atom is -0.310 e. The van der Waals surface area contributed by atoms with E-state index in [9.17, 15) is 9.59 Å². The number of fused-ring (bicyclic) bond motifs is 1. The molecular weight excluding hydrogens is 340 g/mol. The molecule has 0 bridgehead atoms. The van der Waals surface area contributed by atoms with Crippen molar-refractivity contribution in [2.45, 2.75) is 26.8 Å². The lowest BCUT2D eigenvalue weighted by Crippen LogP contribution is -2.36. The third kappa shape index (κ3) is 3.14. The third-order valence-corrected chi connectivity index (χ3v) is 5.11. The van der Waals surface area contributed by atoms with Gasteiger partial charge in [-0.1, -0.05) is 6.07 Å². The molecule has 0 fully saturated rings. The fourth-order valence-corrected chi connectivity index (χ4v) is 3.40. The molecule has 1 aliphatic heterocycles. The number of aryl methyl sites for hydroxylation is 1. The van der Waals surface area contributed by atoms with Gasteiger partial charge in [-0.25, -0.2) is 4.98 Å². The smallest absolute Gasteiger partial charge is 0.256 e. The quantitative estimate of drug-likeness (QED) is 0.720. The van der Waals surface area contributed by atoms with Crippen LogP contribution in [0.5, 0.6) is 0 Å². The number of hydrogen-bond donors (Lipinski definition) is 0. The predicted octanol–water partition coefficient (Wildman–Crippen LogP) is 2.51. The van der Waals surface area contributed by atoms with Crippen LogP contribution in [-0.2, 0) is 17.8 Å². The molecule has 3 aromatic rings. The molecule has 0 atom stereocenters. The van der Waals surface area contributed by atoms with E-state index < -0.39 is 0 Å². The zero-order valence-corrected chi connectivity index (χ0v) is 15.3. The number of rotatable bonds is 3. The lowest BCUT2D eigenvalue weighted by atomic mass is 10.0. The van der Waals surface area contributed by atoms with Gasteiger partial charge in [0.25, 0.3) is 5.56 Å². The van der Waals surface area contributed by atoms with Crippen molar-refractivity contribution in [3.8, 4) is 11.1 Å². The van der Waals surface area contributed by atoms with Gasteiger partial charge in [-0.2, -0.15) is 0 Å². The van der Waals surface area contributed by atoms with E-state index >= 15 is 0 Å². The summed E-state index contributed by atoms with van der Waals surface area (Å²) in [6.45, 7) is 4.15. The Hall–Kier alpha value is -3.28. The van der Waals surface area contributed by atoms with E-state index in [2.05, 4.69) is 16.0 Å². The van der Waals surface area contributed by atoms with Crippen LogP contribution in [0.1, 0.15) is 16.8 Å². The summed E-state index contributed by atoms with van der Waals surface area (Å²) in [6.07, 6.45) is 5.80. The van der Waals surface area contributed by atoms with Crippen LogP contribution in [0.3, 0.4) is 0 Å². The van der Waals surface area contributed by atoms with Gasteiger partial charge in [-0.05, 0) is 61.2 Å². The zero-order valence-electron chi connectivity index (χ0n) is 15.3. The van der Waals surface area contributed by atoms with Gasteiger partial charge in [0.1, 0.15) is 6.54 Å². The van der Waals surface area contributed by atoms with Crippen molar-refractivity contribution in [3.05, 3.63) is 76.2 Å². The first-order chi connectivity index (χ1) is 13.0. The number of benzene rings is 1. The summed E-state index contributed by atoms with van der Waals surface area (Å²) in [7, 11) is 0. The van der Waals surface area contributed by atoms with Crippen LogP contribution in [0.25, 0.3) is 11.1 Å². The fraction of sp³-hybridized carbons (Fsp3) is 0.238. The molecule has 2 aromatic heterocycles. The Morgan fingerprint density at radius 1 is 1.11 bits per heavy atom. The summed E-state index contributed by atoms with van der Waals surface area (Å²) in [4.78, 5) is 35.1. The van der Waals surface area contributed by atoms with E-state index in [-0.39, 0.29) is 18.0 Å². The lowest BCUT2D eigenvalue weighted by Gasteiger charge is -2.18. The number of nitrogens with zero attached hydrogens (tertiary/aromatic N) is 4. The summed E-state index contributed by atoms with van der Waals surface area (Å²) in [5.41, 5.74) is 5.38. The summed E-state index contributed by atoms with van der Waals surface area (Å²) >= 11 is 0. The van der Waals surface area contributed by atoms with Crippen molar-refractivity contribution in [1.82, 2.24) is 14.5 Å². The standard InChI is InChI=1S/C21H20N4O2/c1-14-15(2)23-13-24(21(14)27)12-20(26)25-10-7-18-11-17(3-4-19(18)25)16-5-8-22-9-6-16/h3-6,8-9,11,13H,7,10,12H2,1-2H3. The average molecular weight is 360 g/mol. The van der Waals surface area contributed by atoms with E-state index in [1.54, 1.807) is 31.1 Å². The highest BCUT2D eigenvalue weighted by molar-refractivity contribution is 5.95. The molecule has 0 radical (unpaired) electrons. The molecule has 1 aliphatic rings. The van der Waals surface area contributed by atoms with Crippen LogP contribution in [0.4, 0.5) is 5.69 Å². The summed E-state index contributed by atoms with van der Waals surface area (Å²) in [5, 5.41) is 0. The van der Waals surface area contributed by atoms with Crippen molar-refractivity contribution < 1.29 is 4.79 Å². The summed E-state index contributed by atoms with van der Waals surface area (Å²) in [6, 6.07) is 10.1. The molecule has 0 saturated carbocycles. The number of anilines is 1. The number of carbonyl (C=O) groups excluding carboxylic acids is 1. The minimum absolute atomic E-state index is 0.00149. The van der Waals surface area contributed by atoms with Gasteiger partial charge in [0, 0.05) is 35.9 Å². The molecule has 4 rings (SSSR count). The van der Waals surface area contributed by atoms with Crippen molar-refractivity contribution in [2.24, 2.45) is 0 Å². The SMILES string of the molecule is Cc1ncn(CC(=O)N2CCc3cc(-c4ccncc4)ccc32)c(=O)c1C. The molecule has 0 N–H and O–H groups in total. The monoisotopic (exact) mass is 360 g/mol. The average Bonchev–Trinajstić information content (AvgIpc) is 3.12. The number of hydrogen-bond acceptors (Lipinski definition) is 4. The maximum atomic E-state index is 12.8. The number of aromatic nitrogens is 3. The van der Waals surface area contributed by atoms with Crippen LogP contribution in [0.2, 0.25) is 0 Å². The van der Waals surface area contributed by atoms with Gasteiger partial charge in [-0.15, -0.1) is 0 Å². The molecule has 6 heteroatoms. The molecule has 0 saturated heterocycles. The molecule has 1 aromatic carbocycles. The molecular formula is C21H20N4O2. The Kier molecular flexibility index (Phi) is 4.32. The molecule has 136 valence electrons. The van der Waals surface area contributed by atoms with Crippen molar-refractivity contribution >= 4 is 11.6 Å². The number of pyridine rings is 1. The molecule has 0 aliphatic carbocycles. The highest BCUT2D eigenvalue weighted by Gasteiger charge is 2.25. The summed E-state index contributed by atoms with van der Waals surface area (Å²) < 4.78 is 1.38. The minimum atomic E-state index is -0.164. The Labute approximate surface area is 157 Å². The van der Waals surface area contributed by atoms with Gasteiger partial charge in [0.05, 0.1) is 6.33 Å². The first kappa shape index (κ1) is 17.1. The second kappa shape index (κ2) is 6.79. The van der Waals surface area contributed by atoms with Crippen LogP contribution in [0, 0.1) is 13.8 Å². The molecule has 0 unspecified atom stereocenters. The zero-order chi connectivity index (χ0) is 19.0. The van der Waals surface area contributed by atoms with Gasteiger partial charge in [0.2, 0.25) is 5.91 Å². The van der Waals surface area contributed by atoms with Crippen LogP contribution < -0.4 is 10.5 Å². The van der Waals surface area contributed by atoms with Crippen molar-refractivity contribution in [2.75, 3.05) is 11.4 Å². The highest BCUT2D eigenvalue weighted by atomic mass is 16.2. The Bertz CT molecular complexity index is 1070. The Morgan fingerprint density at radius 3 is 2.67 bits per heavy atom. The van der Waals surface area contributed by atoms with E-state index in [1.807, 2.05) is 24.3 Å². The number of carbonyl (C=O) groups is 1. The topological polar surface area (TPSA) is 68.1 Å². The van der Waals surface area contributed by atoms with Crippen LogP contribution in [0.15, 0.2) is 53.8 Å². The fourth-order valence-electron chi connectivity index (χ4n) is 3.40. The molecule has 1 amide bonds. The second-order valence-corrected chi connectivity index (χ2v) is 6.76. The maximum Gasteiger partial charge on any atom is 0.256 e. The first-order valence-corrected chi connectivity index (χ1v) is 8.91. The van der Waals surface area contributed by atoms with Crippen molar-refractivity contribution in [3.63, 3.8) is 0 Å². The lowest BCUT2D eigenvalue weighted by molar-refractivity contribution is -0.119. The Morgan fingerprint density at radius 2 is 1.89 bits per heavy atom. The molecule has 3 heterocycles. The highest BCUT2D eigenvalue weighted by Crippen LogP contribution is 2.32. The summed E-state index contributed by atoms with van der Waals surface area (Å²) in [5.74, 6) is -0.0995. The van der Waals surface area contributed by atoms with Gasteiger partial charge in [0.15, 0.2) is 0 Å². The van der Waals surface area contributed by atoms with Gasteiger partial charge >= 0.3 is 0 Å². The van der Waals surface area contributed by atoms with Crippen molar-refractivity contribution in [1.29, 1.82) is 0 Å². The van der Waals surface area contributed by atoms with E-state index in [1.165, 1.54) is 10.9 Å². The first-order valence-electron chi connectivity index (χ1n) is 8.91. The van der Waals surface area contributed by atoms with Crippen LogP contribution in [-0.4, -0.2) is 27.0 Å². The number of amides is 1. The second-order valence-electron chi connectivity index (χ2n) is 6.76. The van der Waals surface area contributed by atoms with E-state index in [0.717, 1.165) is 28.8 Å². The van der Waals surface area contributed by atoms with E-state index in [4.69, 9.17) is 0 Å². The molecule has 27 heavy (non-hydrogen) atoms. The predicted molar refractivity (Wildman–Crippen MR) is 104 cm³/mol. The van der Waals surface area contributed by atoms with Gasteiger partial charge in [-0.3, -0.25) is 19.1 Å². The normalized spacial score (nSPS) is 12.9.